The van der Waals surface area contributed by atoms with E-state index in [0.29, 0.717) is 5.41 Å². The van der Waals surface area contributed by atoms with Gasteiger partial charge in [-0.25, -0.2) is 0 Å². The Morgan fingerprint density at radius 2 is 2.10 bits per heavy atom. The Hall–Kier alpha value is -0.0400. The van der Waals surface area contributed by atoms with Crippen LogP contribution >= 0.6 is 0 Å². The van der Waals surface area contributed by atoms with Gasteiger partial charge in [0.25, 0.3) is 0 Å². The molecule has 0 spiro atoms. The Labute approximate surface area is 63.2 Å². The maximum atomic E-state index is 3.50. The van der Waals surface area contributed by atoms with Crippen LogP contribution in [0.5, 0.6) is 0 Å². The second-order valence-electron chi connectivity index (χ2n) is 4.65. The summed E-state index contributed by atoms with van der Waals surface area (Å²) in [6, 6.07) is 0. The van der Waals surface area contributed by atoms with Gasteiger partial charge < -0.3 is 5.32 Å². The fourth-order valence-electron chi connectivity index (χ4n) is 2.69. The Bertz CT molecular complexity index is 140. The van der Waals surface area contributed by atoms with Crippen molar-refractivity contribution in [3.8, 4) is 0 Å². The first kappa shape index (κ1) is 6.66. The van der Waals surface area contributed by atoms with Gasteiger partial charge in [0.15, 0.2) is 0 Å². The third-order valence-corrected chi connectivity index (χ3v) is 3.36. The normalized spacial score (nSPS) is 43.8. The van der Waals surface area contributed by atoms with Crippen LogP contribution in [0.4, 0.5) is 0 Å². The molecule has 10 heavy (non-hydrogen) atoms. The average molecular weight is 139 g/mol. The van der Waals surface area contributed by atoms with Crippen molar-refractivity contribution < 1.29 is 0 Å². The molecule has 1 aliphatic carbocycles. The van der Waals surface area contributed by atoms with E-state index in [0.717, 1.165) is 11.8 Å². The van der Waals surface area contributed by atoms with E-state index in [1.807, 2.05) is 0 Å². The van der Waals surface area contributed by atoms with Gasteiger partial charge in [-0.1, -0.05) is 13.8 Å². The third-order valence-electron chi connectivity index (χ3n) is 3.36. The van der Waals surface area contributed by atoms with Gasteiger partial charge in [-0.2, -0.15) is 0 Å². The SMILES string of the molecule is CC1(C)C[C@@H]2CNC[C@H]1C2. The zero-order chi connectivity index (χ0) is 7.19. The molecule has 2 fully saturated rings. The molecule has 2 rings (SSSR count). The average Bonchev–Trinajstić information content (AvgIpc) is 2.04. The molecule has 1 nitrogen and oxygen atoms in total. The molecule has 1 heterocycles. The van der Waals surface area contributed by atoms with Gasteiger partial charge in [0.1, 0.15) is 0 Å². The lowest BCUT2D eigenvalue weighted by Gasteiger charge is -2.26. The molecule has 1 N–H and O–H groups in total. The van der Waals surface area contributed by atoms with Gasteiger partial charge >= 0.3 is 0 Å². The summed E-state index contributed by atoms with van der Waals surface area (Å²) >= 11 is 0. The van der Waals surface area contributed by atoms with E-state index in [4.69, 9.17) is 0 Å². The van der Waals surface area contributed by atoms with Gasteiger partial charge in [0.2, 0.25) is 0 Å². The summed E-state index contributed by atoms with van der Waals surface area (Å²) in [5.74, 6) is 1.96. The summed E-state index contributed by atoms with van der Waals surface area (Å²) in [5.41, 5.74) is 0.633. The molecule has 0 aromatic heterocycles. The molecule has 1 saturated heterocycles. The molecule has 0 amide bonds. The van der Waals surface area contributed by atoms with E-state index >= 15 is 0 Å². The Kier molecular flexibility index (Phi) is 1.31. The zero-order valence-corrected chi connectivity index (χ0v) is 6.98. The smallest absolute Gasteiger partial charge is 0.00152 e. The molecule has 2 atom stereocenters. The van der Waals surface area contributed by atoms with E-state index in [-0.39, 0.29) is 0 Å². The lowest BCUT2D eigenvalue weighted by Crippen LogP contribution is -2.33. The monoisotopic (exact) mass is 139 g/mol. The largest absolute Gasteiger partial charge is 0.316 e. The van der Waals surface area contributed by atoms with Gasteiger partial charge in [-0.15, -0.1) is 0 Å². The van der Waals surface area contributed by atoms with Crippen LogP contribution in [0.25, 0.3) is 0 Å². The highest BCUT2D eigenvalue weighted by Gasteiger charge is 2.42. The molecule has 0 aromatic rings. The van der Waals surface area contributed by atoms with Crippen molar-refractivity contribution in [2.24, 2.45) is 17.3 Å². The van der Waals surface area contributed by atoms with Crippen LogP contribution in [0, 0.1) is 17.3 Å². The number of hydrogen-bond donors (Lipinski definition) is 1. The van der Waals surface area contributed by atoms with Gasteiger partial charge in [0.05, 0.1) is 0 Å². The predicted molar refractivity (Wildman–Crippen MR) is 42.9 cm³/mol. The van der Waals surface area contributed by atoms with Crippen molar-refractivity contribution in [1.29, 1.82) is 0 Å². The molecule has 1 aliphatic heterocycles. The molecule has 0 unspecified atom stereocenters. The third kappa shape index (κ3) is 0.878. The summed E-state index contributed by atoms with van der Waals surface area (Å²) in [5, 5.41) is 3.50. The number of piperidine rings is 1. The minimum atomic E-state index is 0.633. The Morgan fingerprint density at radius 3 is 2.70 bits per heavy atom. The maximum Gasteiger partial charge on any atom is -0.00152 e. The van der Waals surface area contributed by atoms with Crippen LogP contribution in [-0.4, -0.2) is 13.1 Å². The predicted octanol–water partition coefficient (Wildman–Crippen LogP) is 1.64. The van der Waals surface area contributed by atoms with Crippen LogP contribution in [0.2, 0.25) is 0 Å². The van der Waals surface area contributed by atoms with Crippen LogP contribution in [-0.2, 0) is 0 Å². The molecule has 1 heteroatoms. The van der Waals surface area contributed by atoms with E-state index in [1.54, 1.807) is 0 Å². The Morgan fingerprint density at radius 1 is 1.30 bits per heavy atom. The molecular weight excluding hydrogens is 122 g/mol. The molecule has 0 aromatic carbocycles. The van der Waals surface area contributed by atoms with E-state index < -0.39 is 0 Å². The molecule has 58 valence electrons. The first-order chi connectivity index (χ1) is 4.68. The lowest BCUT2D eigenvalue weighted by molar-refractivity contribution is 0.255. The van der Waals surface area contributed by atoms with Crippen LogP contribution < -0.4 is 5.32 Å². The second-order valence-corrected chi connectivity index (χ2v) is 4.65. The van der Waals surface area contributed by atoms with Gasteiger partial charge in [0, 0.05) is 0 Å². The number of fused-ring (bicyclic) bond motifs is 2. The number of nitrogens with one attached hydrogen (secondary N) is 1. The highest BCUT2D eigenvalue weighted by atomic mass is 14.9. The van der Waals surface area contributed by atoms with Crippen molar-refractivity contribution in [3.05, 3.63) is 0 Å². The second kappa shape index (κ2) is 1.97. The number of hydrogen-bond acceptors (Lipinski definition) is 1. The molecule has 1 saturated carbocycles. The van der Waals surface area contributed by atoms with Gasteiger partial charge in [-0.3, -0.25) is 0 Å². The lowest BCUT2D eigenvalue weighted by atomic mass is 9.82. The van der Waals surface area contributed by atoms with E-state index in [2.05, 4.69) is 19.2 Å². The van der Waals surface area contributed by atoms with E-state index in [1.165, 1.54) is 25.9 Å². The summed E-state index contributed by atoms with van der Waals surface area (Å²) in [6.45, 7) is 7.39. The standard InChI is InChI=1S/C9H17N/c1-9(2)4-7-3-8(9)6-10-5-7/h7-8,10H,3-6H2,1-2H3/t7-,8-/m1/s1. The first-order valence-electron chi connectivity index (χ1n) is 4.39. The van der Waals surface area contributed by atoms with Crippen molar-refractivity contribution in [1.82, 2.24) is 5.32 Å². The minimum Gasteiger partial charge on any atom is -0.316 e. The van der Waals surface area contributed by atoms with Crippen LogP contribution in [0.15, 0.2) is 0 Å². The molecule has 2 aliphatic rings. The zero-order valence-electron chi connectivity index (χ0n) is 6.98. The van der Waals surface area contributed by atoms with E-state index in [9.17, 15) is 0 Å². The minimum absolute atomic E-state index is 0.633. The number of rotatable bonds is 0. The van der Waals surface area contributed by atoms with Crippen LogP contribution in [0.1, 0.15) is 26.7 Å². The molecule has 2 bridgehead atoms. The van der Waals surface area contributed by atoms with Crippen molar-refractivity contribution in [2.75, 3.05) is 13.1 Å². The van der Waals surface area contributed by atoms with Crippen molar-refractivity contribution in [2.45, 2.75) is 26.7 Å². The topological polar surface area (TPSA) is 12.0 Å². The highest BCUT2D eigenvalue weighted by molar-refractivity contribution is 4.94. The quantitative estimate of drug-likeness (QED) is 0.538. The maximum absolute atomic E-state index is 3.50. The van der Waals surface area contributed by atoms with Crippen LogP contribution in [0.3, 0.4) is 0 Å². The van der Waals surface area contributed by atoms with Crippen molar-refractivity contribution >= 4 is 0 Å². The summed E-state index contributed by atoms with van der Waals surface area (Å²) in [4.78, 5) is 0. The fourth-order valence-corrected chi connectivity index (χ4v) is 2.69. The fraction of sp³-hybridized carbons (Fsp3) is 1.00. The Balaban J connectivity index is 2.15. The summed E-state index contributed by atoms with van der Waals surface area (Å²) in [6.07, 6.45) is 2.94. The molecule has 0 radical (unpaired) electrons. The van der Waals surface area contributed by atoms with Crippen molar-refractivity contribution in [3.63, 3.8) is 0 Å². The summed E-state index contributed by atoms with van der Waals surface area (Å²) in [7, 11) is 0. The van der Waals surface area contributed by atoms with Gasteiger partial charge in [-0.05, 0) is 43.2 Å². The first-order valence-corrected chi connectivity index (χ1v) is 4.39. The summed E-state index contributed by atoms with van der Waals surface area (Å²) < 4.78 is 0. The highest BCUT2D eigenvalue weighted by Crippen LogP contribution is 2.47. The molecular formula is C9H17N.